The maximum Gasteiger partial charge on any atom is 0.162 e. The molecule has 0 aliphatic carbocycles. The van der Waals surface area contributed by atoms with Gasteiger partial charge < -0.3 is 14.4 Å². The van der Waals surface area contributed by atoms with Crippen molar-refractivity contribution in [3.05, 3.63) is 23.2 Å². The van der Waals surface area contributed by atoms with Gasteiger partial charge in [0.15, 0.2) is 11.5 Å². The van der Waals surface area contributed by atoms with Gasteiger partial charge in [-0.05, 0) is 44.5 Å². The van der Waals surface area contributed by atoms with Crippen LogP contribution in [-0.2, 0) is 0 Å². The Morgan fingerprint density at radius 3 is 2.72 bits per heavy atom. The van der Waals surface area contributed by atoms with E-state index in [4.69, 9.17) is 21.1 Å². The van der Waals surface area contributed by atoms with Crippen molar-refractivity contribution in [2.75, 3.05) is 33.4 Å². The predicted molar refractivity (Wildman–Crippen MR) is 73.8 cm³/mol. The highest BCUT2D eigenvalue weighted by Crippen LogP contribution is 2.29. The third-order valence-corrected chi connectivity index (χ3v) is 3.44. The summed E-state index contributed by atoms with van der Waals surface area (Å²) >= 11 is 5.90. The molecule has 1 aliphatic heterocycles. The summed E-state index contributed by atoms with van der Waals surface area (Å²) < 4.78 is 11.0. The zero-order chi connectivity index (χ0) is 12.8. The van der Waals surface area contributed by atoms with Crippen molar-refractivity contribution in [2.45, 2.75) is 19.3 Å². The first-order chi connectivity index (χ1) is 8.79. The molecule has 1 saturated heterocycles. The maximum atomic E-state index is 5.90. The van der Waals surface area contributed by atoms with Gasteiger partial charge in [0.1, 0.15) is 0 Å². The van der Waals surface area contributed by atoms with Crippen LogP contribution in [0.4, 0.5) is 0 Å². The van der Waals surface area contributed by atoms with E-state index in [1.807, 2.05) is 12.1 Å². The lowest BCUT2D eigenvalue weighted by molar-refractivity contribution is 0.254. The Labute approximate surface area is 114 Å². The molecule has 2 rings (SSSR count). The predicted octanol–water partition coefficient (Wildman–Crippen LogP) is 3.21. The quantitative estimate of drug-likeness (QED) is 0.740. The minimum absolute atomic E-state index is 0.663. The maximum absolute atomic E-state index is 5.90. The summed E-state index contributed by atoms with van der Waals surface area (Å²) in [5.41, 5.74) is 0. The molecule has 4 heteroatoms. The number of hydrogen-bond donors (Lipinski definition) is 0. The van der Waals surface area contributed by atoms with E-state index < -0.39 is 0 Å². The Kier molecular flexibility index (Phi) is 5.14. The largest absolute Gasteiger partial charge is 0.493 e. The molecule has 1 aromatic carbocycles. The molecule has 1 fully saturated rings. The van der Waals surface area contributed by atoms with Crippen LogP contribution in [0.5, 0.6) is 11.5 Å². The third kappa shape index (κ3) is 3.79. The fraction of sp³-hybridized carbons (Fsp3) is 0.571. The summed E-state index contributed by atoms with van der Waals surface area (Å²) in [4.78, 5) is 2.49. The molecule has 100 valence electrons. The lowest BCUT2D eigenvalue weighted by atomic mass is 10.3. The summed E-state index contributed by atoms with van der Waals surface area (Å²) in [7, 11) is 1.63. The molecule has 18 heavy (non-hydrogen) atoms. The van der Waals surface area contributed by atoms with Gasteiger partial charge in [-0.25, -0.2) is 0 Å². The average Bonchev–Trinajstić information content (AvgIpc) is 2.89. The molecule has 1 heterocycles. The van der Waals surface area contributed by atoms with Gasteiger partial charge in [0.05, 0.1) is 13.7 Å². The lowest BCUT2D eigenvalue weighted by Gasteiger charge is -2.15. The Balaban J connectivity index is 1.75. The molecule has 0 aromatic heterocycles. The summed E-state index contributed by atoms with van der Waals surface area (Å²) in [6.45, 7) is 4.32. The number of nitrogens with zero attached hydrogens (tertiary/aromatic N) is 1. The van der Waals surface area contributed by atoms with E-state index in [0.29, 0.717) is 17.4 Å². The van der Waals surface area contributed by atoms with Gasteiger partial charge in [-0.2, -0.15) is 0 Å². The van der Waals surface area contributed by atoms with Crippen LogP contribution in [0.3, 0.4) is 0 Å². The van der Waals surface area contributed by atoms with Crippen LogP contribution in [-0.4, -0.2) is 38.3 Å². The smallest absolute Gasteiger partial charge is 0.162 e. The van der Waals surface area contributed by atoms with Crippen molar-refractivity contribution < 1.29 is 9.47 Å². The van der Waals surface area contributed by atoms with Crippen LogP contribution in [0.15, 0.2) is 18.2 Å². The molecule has 1 aliphatic rings. The summed E-state index contributed by atoms with van der Waals surface area (Å²) in [5, 5.41) is 0.663. The van der Waals surface area contributed by atoms with Crippen molar-refractivity contribution in [1.82, 2.24) is 4.90 Å². The van der Waals surface area contributed by atoms with Crippen LogP contribution < -0.4 is 9.47 Å². The van der Waals surface area contributed by atoms with E-state index in [-0.39, 0.29) is 0 Å². The number of benzene rings is 1. The van der Waals surface area contributed by atoms with Gasteiger partial charge >= 0.3 is 0 Å². The summed E-state index contributed by atoms with van der Waals surface area (Å²) in [6, 6.07) is 5.45. The number of methoxy groups -OCH3 is 1. The fourth-order valence-electron chi connectivity index (χ4n) is 2.24. The first-order valence-corrected chi connectivity index (χ1v) is 6.86. The molecular formula is C14H20ClNO2. The first-order valence-electron chi connectivity index (χ1n) is 6.48. The molecular weight excluding hydrogens is 250 g/mol. The highest BCUT2D eigenvalue weighted by molar-refractivity contribution is 6.30. The zero-order valence-corrected chi connectivity index (χ0v) is 11.6. The second kappa shape index (κ2) is 6.86. The number of ether oxygens (including phenoxy) is 2. The SMILES string of the molecule is COc1cc(Cl)ccc1OCCCN1CCCC1. The van der Waals surface area contributed by atoms with Crippen LogP contribution >= 0.6 is 11.6 Å². The Morgan fingerprint density at radius 2 is 2.00 bits per heavy atom. The zero-order valence-electron chi connectivity index (χ0n) is 10.8. The van der Waals surface area contributed by atoms with Crippen molar-refractivity contribution in [3.63, 3.8) is 0 Å². The van der Waals surface area contributed by atoms with Crippen molar-refractivity contribution in [3.8, 4) is 11.5 Å². The van der Waals surface area contributed by atoms with Gasteiger partial charge in [-0.3, -0.25) is 0 Å². The van der Waals surface area contributed by atoms with Crippen molar-refractivity contribution in [1.29, 1.82) is 0 Å². The highest BCUT2D eigenvalue weighted by atomic mass is 35.5. The third-order valence-electron chi connectivity index (χ3n) is 3.20. The lowest BCUT2D eigenvalue weighted by Crippen LogP contribution is -2.21. The molecule has 1 aromatic rings. The van der Waals surface area contributed by atoms with E-state index in [1.54, 1.807) is 13.2 Å². The molecule has 0 amide bonds. The second-order valence-corrected chi connectivity index (χ2v) is 4.98. The minimum Gasteiger partial charge on any atom is -0.493 e. The molecule has 0 N–H and O–H groups in total. The summed E-state index contributed by atoms with van der Waals surface area (Å²) in [5.74, 6) is 1.46. The molecule has 0 unspecified atom stereocenters. The van der Waals surface area contributed by atoms with Gasteiger partial charge in [0.2, 0.25) is 0 Å². The van der Waals surface area contributed by atoms with Crippen LogP contribution in [0.25, 0.3) is 0 Å². The Morgan fingerprint density at radius 1 is 1.22 bits per heavy atom. The number of hydrogen-bond acceptors (Lipinski definition) is 3. The van der Waals surface area contributed by atoms with Crippen LogP contribution in [0, 0.1) is 0 Å². The van der Waals surface area contributed by atoms with Gasteiger partial charge in [-0.1, -0.05) is 11.6 Å². The molecule has 0 atom stereocenters. The van der Waals surface area contributed by atoms with Gasteiger partial charge in [-0.15, -0.1) is 0 Å². The van der Waals surface area contributed by atoms with Crippen LogP contribution in [0.1, 0.15) is 19.3 Å². The van der Waals surface area contributed by atoms with E-state index in [1.165, 1.54) is 25.9 Å². The monoisotopic (exact) mass is 269 g/mol. The number of likely N-dealkylation sites (tertiary alicyclic amines) is 1. The van der Waals surface area contributed by atoms with Crippen molar-refractivity contribution in [2.24, 2.45) is 0 Å². The summed E-state index contributed by atoms with van der Waals surface area (Å²) in [6.07, 6.45) is 3.73. The fourth-order valence-corrected chi connectivity index (χ4v) is 2.40. The topological polar surface area (TPSA) is 21.7 Å². The number of rotatable bonds is 6. The Hall–Kier alpha value is -0.930. The van der Waals surface area contributed by atoms with E-state index >= 15 is 0 Å². The molecule has 0 bridgehead atoms. The molecule has 3 nitrogen and oxygen atoms in total. The average molecular weight is 270 g/mol. The van der Waals surface area contributed by atoms with Gasteiger partial charge in [0.25, 0.3) is 0 Å². The van der Waals surface area contributed by atoms with E-state index in [2.05, 4.69) is 4.90 Å². The molecule has 0 spiro atoms. The second-order valence-electron chi connectivity index (χ2n) is 4.55. The Bertz CT molecular complexity index is 378. The molecule has 0 radical (unpaired) electrons. The van der Waals surface area contributed by atoms with E-state index in [9.17, 15) is 0 Å². The minimum atomic E-state index is 0.663. The highest BCUT2D eigenvalue weighted by Gasteiger charge is 2.11. The van der Waals surface area contributed by atoms with Crippen molar-refractivity contribution >= 4 is 11.6 Å². The van der Waals surface area contributed by atoms with Gasteiger partial charge in [0, 0.05) is 17.6 Å². The molecule has 0 saturated carbocycles. The van der Waals surface area contributed by atoms with Crippen LogP contribution in [0.2, 0.25) is 5.02 Å². The normalized spacial score (nSPS) is 15.9. The van der Waals surface area contributed by atoms with E-state index in [0.717, 1.165) is 18.7 Å². The standard InChI is InChI=1S/C14H20ClNO2/c1-17-14-11-12(15)5-6-13(14)18-10-4-9-16-7-2-3-8-16/h5-6,11H,2-4,7-10H2,1H3. The first kappa shape index (κ1) is 13.5. The number of halogens is 1.